The molecule has 0 aliphatic heterocycles. The molecule has 0 aromatic heterocycles. The topological polar surface area (TPSA) is 134 Å². The van der Waals surface area contributed by atoms with Crippen LogP contribution in [-0.4, -0.2) is 43.7 Å². The highest BCUT2D eigenvalue weighted by Gasteiger charge is 2.20. The molecule has 9 heteroatoms. The van der Waals surface area contributed by atoms with Gasteiger partial charge in [-0.3, -0.25) is 14.9 Å². The van der Waals surface area contributed by atoms with E-state index in [9.17, 15) is 19.7 Å². The standard InChI is InChI=1S/C15H19N3O6/c1-23-8-7-12(15(16)20)17-11-5-3-10(4-6-14(19)24-2)9-13(11)18(21)22/h3-6,9,12,17H,7-8H2,1-2H3,(H2,16,20)/b6-4-. The van der Waals surface area contributed by atoms with E-state index in [1.54, 1.807) is 6.07 Å². The molecule has 1 rings (SSSR count). The third kappa shape index (κ3) is 5.69. The Morgan fingerprint density at radius 2 is 2.12 bits per heavy atom. The molecule has 24 heavy (non-hydrogen) atoms. The summed E-state index contributed by atoms with van der Waals surface area (Å²) >= 11 is 0. The number of nitrogens with one attached hydrogen (secondary N) is 1. The smallest absolute Gasteiger partial charge is 0.330 e. The number of anilines is 1. The maximum absolute atomic E-state index is 11.4. The van der Waals surface area contributed by atoms with E-state index in [2.05, 4.69) is 10.1 Å². The van der Waals surface area contributed by atoms with Crippen LogP contribution in [-0.2, 0) is 19.1 Å². The molecule has 1 amide bonds. The first kappa shape index (κ1) is 19.1. The average molecular weight is 337 g/mol. The van der Waals surface area contributed by atoms with Gasteiger partial charge in [-0.2, -0.15) is 0 Å². The second-order valence-electron chi connectivity index (χ2n) is 4.77. The minimum absolute atomic E-state index is 0.148. The van der Waals surface area contributed by atoms with Crippen LogP contribution in [0.4, 0.5) is 11.4 Å². The van der Waals surface area contributed by atoms with Gasteiger partial charge in [0.2, 0.25) is 5.91 Å². The van der Waals surface area contributed by atoms with Crippen LogP contribution in [0.15, 0.2) is 24.3 Å². The Morgan fingerprint density at radius 3 is 2.67 bits per heavy atom. The van der Waals surface area contributed by atoms with E-state index >= 15 is 0 Å². The van der Waals surface area contributed by atoms with Gasteiger partial charge in [0.25, 0.3) is 5.69 Å². The highest BCUT2D eigenvalue weighted by Crippen LogP contribution is 2.27. The Labute approximate surface area is 138 Å². The van der Waals surface area contributed by atoms with Gasteiger partial charge >= 0.3 is 5.97 Å². The molecule has 3 N–H and O–H groups in total. The fraction of sp³-hybridized carbons (Fsp3) is 0.333. The fourth-order valence-electron chi connectivity index (χ4n) is 1.87. The summed E-state index contributed by atoms with van der Waals surface area (Å²) in [6.07, 6.45) is 2.81. The summed E-state index contributed by atoms with van der Waals surface area (Å²) in [6, 6.07) is 3.47. The summed E-state index contributed by atoms with van der Waals surface area (Å²) in [5.74, 6) is -1.22. The molecule has 0 spiro atoms. The maximum Gasteiger partial charge on any atom is 0.330 e. The zero-order valence-electron chi connectivity index (χ0n) is 13.4. The molecule has 0 heterocycles. The van der Waals surface area contributed by atoms with Crippen LogP contribution in [0.5, 0.6) is 0 Å². The van der Waals surface area contributed by atoms with Crippen molar-refractivity contribution in [3.8, 4) is 0 Å². The number of nitro benzene ring substituents is 1. The predicted molar refractivity (Wildman–Crippen MR) is 87.2 cm³/mol. The van der Waals surface area contributed by atoms with E-state index in [0.29, 0.717) is 5.56 Å². The molecule has 0 bridgehead atoms. The Bertz CT molecular complexity index is 644. The molecule has 0 fully saturated rings. The molecule has 130 valence electrons. The molecule has 0 radical (unpaired) electrons. The number of amides is 1. The number of nitrogens with zero attached hydrogens (tertiary/aromatic N) is 1. The van der Waals surface area contributed by atoms with Crippen molar-refractivity contribution in [3.63, 3.8) is 0 Å². The van der Waals surface area contributed by atoms with E-state index in [0.717, 1.165) is 6.08 Å². The number of rotatable bonds is 9. The van der Waals surface area contributed by atoms with Crippen molar-refractivity contribution in [2.45, 2.75) is 12.5 Å². The summed E-state index contributed by atoms with van der Waals surface area (Å²) in [7, 11) is 2.70. The van der Waals surface area contributed by atoms with Crippen LogP contribution in [0, 0.1) is 10.1 Å². The van der Waals surface area contributed by atoms with Crippen LogP contribution < -0.4 is 11.1 Å². The third-order valence-electron chi connectivity index (χ3n) is 3.12. The summed E-state index contributed by atoms with van der Waals surface area (Å²) < 4.78 is 9.34. The van der Waals surface area contributed by atoms with Gasteiger partial charge in [-0.05, 0) is 24.1 Å². The van der Waals surface area contributed by atoms with Crippen LogP contribution in [0.25, 0.3) is 6.08 Å². The van der Waals surface area contributed by atoms with Crippen molar-refractivity contribution >= 4 is 29.3 Å². The maximum atomic E-state index is 11.4. The molecule has 9 nitrogen and oxygen atoms in total. The van der Waals surface area contributed by atoms with Crippen molar-refractivity contribution in [3.05, 3.63) is 40.0 Å². The van der Waals surface area contributed by atoms with Crippen molar-refractivity contribution in [2.24, 2.45) is 5.73 Å². The van der Waals surface area contributed by atoms with Crippen LogP contribution in [0.2, 0.25) is 0 Å². The number of carbonyl (C=O) groups excluding carboxylic acids is 2. The fourth-order valence-corrected chi connectivity index (χ4v) is 1.87. The van der Waals surface area contributed by atoms with E-state index in [1.165, 1.54) is 32.4 Å². The summed E-state index contributed by atoms with van der Waals surface area (Å²) in [4.78, 5) is 33.2. The molecule has 1 unspecified atom stereocenters. The number of carbonyl (C=O) groups is 2. The Balaban J connectivity index is 3.06. The van der Waals surface area contributed by atoms with E-state index in [-0.39, 0.29) is 24.4 Å². The molecule has 0 aliphatic carbocycles. The van der Waals surface area contributed by atoms with Gasteiger partial charge in [-0.25, -0.2) is 4.79 Å². The highest BCUT2D eigenvalue weighted by atomic mass is 16.6. The van der Waals surface area contributed by atoms with Crippen LogP contribution in [0.1, 0.15) is 12.0 Å². The Hall–Kier alpha value is -2.94. The lowest BCUT2D eigenvalue weighted by molar-refractivity contribution is -0.384. The zero-order chi connectivity index (χ0) is 18.1. The predicted octanol–water partition coefficient (Wildman–Crippen LogP) is 1.08. The number of esters is 1. The number of nitrogens with two attached hydrogens (primary N) is 1. The summed E-state index contributed by atoms with van der Waals surface area (Å²) in [6.45, 7) is 0.272. The van der Waals surface area contributed by atoms with Crippen molar-refractivity contribution in [1.29, 1.82) is 0 Å². The normalized spacial score (nSPS) is 11.9. The highest BCUT2D eigenvalue weighted by molar-refractivity contribution is 5.87. The lowest BCUT2D eigenvalue weighted by Crippen LogP contribution is -2.36. The largest absolute Gasteiger partial charge is 0.466 e. The quantitative estimate of drug-likeness (QED) is 0.298. The second-order valence-corrected chi connectivity index (χ2v) is 4.77. The minimum Gasteiger partial charge on any atom is -0.466 e. The van der Waals surface area contributed by atoms with E-state index < -0.39 is 22.8 Å². The van der Waals surface area contributed by atoms with Crippen molar-refractivity contribution in [2.75, 3.05) is 26.1 Å². The first-order chi connectivity index (χ1) is 11.4. The molecule has 1 aromatic rings. The molecular weight excluding hydrogens is 318 g/mol. The third-order valence-corrected chi connectivity index (χ3v) is 3.12. The Kier molecular flexibility index (Phi) is 7.37. The minimum atomic E-state index is -0.805. The number of nitro groups is 1. The molecule has 0 saturated heterocycles. The summed E-state index contributed by atoms with van der Waals surface area (Å²) in [5, 5.41) is 14.0. The number of hydrogen-bond donors (Lipinski definition) is 2. The lowest BCUT2D eigenvalue weighted by atomic mass is 10.1. The molecule has 1 aromatic carbocycles. The van der Waals surface area contributed by atoms with Crippen LogP contribution >= 0.6 is 0 Å². The second kappa shape index (κ2) is 9.26. The van der Waals surface area contributed by atoms with E-state index in [1.807, 2.05) is 0 Å². The average Bonchev–Trinajstić information content (AvgIpc) is 2.56. The van der Waals surface area contributed by atoms with Gasteiger partial charge in [0.15, 0.2) is 0 Å². The number of primary amides is 1. The molecule has 0 saturated carbocycles. The number of ether oxygens (including phenoxy) is 2. The number of benzene rings is 1. The molecule has 1 atom stereocenters. The van der Waals surface area contributed by atoms with Gasteiger partial charge in [0, 0.05) is 25.9 Å². The van der Waals surface area contributed by atoms with Crippen molar-refractivity contribution < 1.29 is 24.0 Å². The summed E-state index contributed by atoms with van der Waals surface area (Å²) in [5.41, 5.74) is 5.63. The van der Waals surface area contributed by atoms with Crippen molar-refractivity contribution in [1.82, 2.24) is 0 Å². The van der Waals surface area contributed by atoms with Gasteiger partial charge in [-0.15, -0.1) is 0 Å². The van der Waals surface area contributed by atoms with Gasteiger partial charge < -0.3 is 20.5 Å². The molecular formula is C15H19N3O6. The SMILES string of the molecule is COCCC(Nc1ccc(/C=C\C(=O)OC)cc1[N+](=O)[O-])C(N)=O. The number of hydrogen-bond acceptors (Lipinski definition) is 7. The van der Waals surface area contributed by atoms with E-state index in [4.69, 9.17) is 10.5 Å². The Morgan fingerprint density at radius 1 is 1.42 bits per heavy atom. The first-order valence-corrected chi connectivity index (χ1v) is 6.98. The first-order valence-electron chi connectivity index (χ1n) is 6.98. The van der Waals surface area contributed by atoms with Gasteiger partial charge in [-0.1, -0.05) is 6.07 Å². The zero-order valence-corrected chi connectivity index (χ0v) is 13.4. The van der Waals surface area contributed by atoms with Gasteiger partial charge in [0.05, 0.1) is 12.0 Å². The molecule has 0 aliphatic rings. The van der Waals surface area contributed by atoms with Gasteiger partial charge in [0.1, 0.15) is 11.7 Å². The lowest BCUT2D eigenvalue weighted by Gasteiger charge is -2.16. The number of methoxy groups -OCH3 is 2. The monoisotopic (exact) mass is 337 g/mol. The van der Waals surface area contributed by atoms with Crippen LogP contribution in [0.3, 0.4) is 0 Å².